The number of thioether (sulfide) groups is 1. The number of rotatable bonds is 4. The molecule has 1 aliphatic rings. The summed E-state index contributed by atoms with van der Waals surface area (Å²) in [6.07, 6.45) is 1.68. The monoisotopic (exact) mass is 388 g/mol. The molecule has 0 spiro atoms. The molecule has 0 radical (unpaired) electrons. The normalized spacial score (nSPS) is 15.5. The fourth-order valence-corrected chi connectivity index (χ4v) is 3.81. The first kappa shape index (κ1) is 19.2. The number of aromatic nitrogens is 3. The first-order chi connectivity index (χ1) is 12.9. The maximum atomic E-state index is 12.5. The van der Waals surface area contributed by atoms with Gasteiger partial charge in [0.25, 0.3) is 0 Å². The van der Waals surface area contributed by atoms with Gasteiger partial charge in [0.05, 0.1) is 0 Å². The van der Waals surface area contributed by atoms with Gasteiger partial charge in [-0.15, -0.1) is 10.2 Å². The van der Waals surface area contributed by atoms with E-state index < -0.39 is 0 Å². The van der Waals surface area contributed by atoms with Crippen molar-refractivity contribution in [1.29, 1.82) is 0 Å². The van der Waals surface area contributed by atoms with Crippen LogP contribution in [0.4, 0.5) is 10.5 Å². The third-order valence-corrected chi connectivity index (χ3v) is 5.78. The van der Waals surface area contributed by atoms with Crippen LogP contribution in [0.5, 0.6) is 0 Å². The van der Waals surface area contributed by atoms with Crippen molar-refractivity contribution in [2.45, 2.75) is 24.3 Å². The number of piperazine rings is 1. The number of benzene rings is 1. The van der Waals surface area contributed by atoms with Crippen LogP contribution in [-0.4, -0.2) is 62.7 Å². The zero-order chi connectivity index (χ0) is 19.4. The molecule has 8 nitrogen and oxygen atoms in total. The molecule has 3 amide bonds. The Labute approximate surface area is 162 Å². The van der Waals surface area contributed by atoms with Crippen molar-refractivity contribution < 1.29 is 9.59 Å². The van der Waals surface area contributed by atoms with Gasteiger partial charge in [0.2, 0.25) is 5.91 Å². The number of hydrogen-bond donors (Lipinski definition) is 1. The highest BCUT2D eigenvalue weighted by Gasteiger charge is 2.22. The molecule has 1 aliphatic heterocycles. The number of carbonyl (C=O) groups excluding carboxylic acids is 2. The SMILES string of the molecule is CC(=O)N1CCN(C(=O)Nc2cccc(C(C)Sc3nncn3C)c2)CC1. The van der Waals surface area contributed by atoms with E-state index in [0.29, 0.717) is 26.2 Å². The fraction of sp³-hybridized carbons (Fsp3) is 0.444. The minimum Gasteiger partial charge on any atom is -0.339 e. The highest BCUT2D eigenvalue weighted by molar-refractivity contribution is 7.99. The average Bonchev–Trinajstić information content (AvgIpc) is 3.06. The summed E-state index contributed by atoms with van der Waals surface area (Å²) < 4.78 is 1.88. The van der Waals surface area contributed by atoms with E-state index in [9.17, 15) is 9.59 Å². The Morgan fingerprint density at radius 1 is 1.19 bits per heavy atom. The highest BCUT2D eigenvalue weighted by atomic mass is 32.2. The van der Waals surface area contributed by atoms with Crippen molar-refractivity contribution >= 4 is 29.4 Å². The molecule has 1 aromatic heterocycles. The van der Waals surface area contributed by atoms with Gasteiger partial charge in [-0.3, -0.25) is 4.79 Å². The van der Waals surface area contributed by atoms with Gasteiger partial charge in [-0.25, -0.2) is 4.79 Å². The van der Waals surface area contributed by atoms with E-state index in [2.05, 4.69) is 22.4 Å². The molecule has 0 aliphatic carbocycles. The number of aryl methyl sites for hydroxylation is 1. The smallest absolute Gasteiger partial charge is 0.321 e. The number of anilines is 1. The van der Waals surface area contributed by atoms with Gasteiger partial charge < -0.3 is 19.7 Å². The number of urea groups is 1. The van der Waals surface area contributed by atoms with Crippen LogP contribution in [0.3, 0.4) is 0 Å². The molecule has 1 saturated heterocycles. The third kappa shape index (κ3) is 4.79. The Morgan fingerprint density at radius 2 is 1.89 bits per heavy atom. The van der Waals surface area contributed by atoms with Crippen molar-refractivity contribution in [2.24, 2.45) is 7.05 Å². The molecule has 1 aromatic carbocycles. The minimum absolute atomic E-state index is 0.0529. The van der Waals surface area contributed by atoms with E-state index in [1.54, 1.807) is 34.8 Å². The third-order valence-electron chi connectivity index (χ3n) is 4.57. The Bertz CT molecular complexity index is 816. The minimum atomic E-state index is -0.135. The molecule has 3 rings (SSSR count). The van der Waals surface area contributed by atoms with Gasteiger partial charge in [0.15, 0.2) is 5.16 Å². The quantitative estimate of drug-likeness (QED) is 0.813. The molecular formula is C18H24N6O2S. The molecule has 0 saturated carbocycles. The maximum absolute atomic E-state index is 12.5. The summed E-state index contributed by atoms with van der Waals surface area (Å²) in [5, 5.41) is 12.0. The van der Waals surface area contributed by atoms with E-state index in [0.717, 1.165) is 16.4 Å². The Hall–Kier alpha value is -2.55. The number of amides is 3. The molecule has 9 heteroatoms. The molecule has 1 fully saturated rings. The van der Waals surface area contributed by atoms with Gasteiger partial charge in [0, 0.05) is 51.1 Å². The number of nitrogens with one attached hydrogen (secondary N) is 1. The first-order valence-corrected chi connectivity index (χ1v) is 9.74. The molecule has 1 atom stereocenters. The van der Waals surface area contributed by atoms with Crippen molar-refractivity contribution in [1.82, 2.24) is 24.6 Å². The van der Waals surface area contributed by atoms with Crippen LogP contribution in [0.1, 0.15) is 24.7 Å². The van der Waals surface area contributed by atoms with E-state index >= 15 is 0 Å². The van der Waals surface area contributed by atoms with E-state index in [-0.39, 0.29) is 17.2 Å². The molecule has 144 valence electrons. The molecule has 2 aromatic rings. The summed E-state index contributed by atoms with van der Waals surface area (Å²) >= 11 is 1.62. The van der Waals surface area contributed by atoms with Crippen LogP contribution in [0.2, 0.25) is 0 Å². The van der Waals surface area contributed by atoms with Gasteiger partial charge in [-0.05, 0) is 24.6 Å². The number of carbonyl (C=O) groups is 2. The van der Waals surface area contributed by atoms with E-state index in [4.69, 9.17) is 0 Å². The average molecular weight is 388 g/mol. The van der Waals surface area contributed by atoms with Crippen LogP contribution in [0.25, 0.3) is 0 Å². The lowest BCUT2D eigenvalue weighted by molar-refractivity contribution is -0.130. The molecular weight excluding hydrogens is 364 g/mol. The second-order valence-corrected chi connectivity index (χ2v) is 7.84. The van der Waals surface area contributed by atoms with Crippen LogP contribution < -0.4 is 5.32 Å². The van der Waals surface area contributed by atoms with Crippen LogP contribution in [0, 0.1) is 0 Å². The van der Waals surface area contributed by atoms with E-state index in [1.807, 2.05) is 35.9 Å². The molecule has 0 bridgehead atoms. The summed E-state index contributed by atoms with van der Waals surface area (Å²) in [5.41, 5.74) is 1.86. The lowest BCUT2D eigenvalue weighted by Crippen LogP contribution is -2.51. The topological polar surface area (TPSA) is 83.4 Å². The Balaban J connectivity index is 1.59. The van der Waals surface area contributed by atoms with Gasteiger partial charge >= 0.3 is 6.03 Å². The maximum Gasteiger partial charge on any atom is 0.321 e. The summed E-state index contributed by atoms with van der Waals surface area (Å²) in [4.78, 5) is 27.4. The Kier molecular flexibility index (Phi) is 6.00. The zero-order valence-corrected chi connectivity index (χ0v) is 16.6. The van der Waals surface area contributed by atoms with Crippen LogP contribution >= 0.6 is 11.8 Å². The number of hydrogen-bond acceptors (Lipinski definition) is 5. The summed E-state index contributed by atoms with van der Waals surface area (Å²) in [6.45, 7) is 5.90. The first-order valence-electron chi connectivity index (χ1n) is 8.86. The largest absolute Gasteiger partial charge is 0.339 e. The summed E-state index contributed by atoms with van der Waals surface area (Å²) in [5.74, 6) is 0.0529. The van der Waals surface area contributed by atoms with Crippen molar-refractivity contribution in [2.75, 3.05) is 31.5 Å². The molecule has 1 N–H and O–H groups in total. The van der Waals surface area contributed by atoms with Crippen LogP contribution in [0.15, 0.2) is 35.7 Å². The second kappa shape index (κ2) is 8.43. The number of nitrogens with zero attached hydrogens (tertiary/aromatic N) is 5. The second-order valence-electron chi connectivity index (χ2n) is 6.53. The molecule has 2 heterocycles. The molecule has 27 heavy (non-hydrogen) atoms. The molecule has 1 unspecified atom stereocenters. The summed E-state index contributed by atoms with van der Waals surface area (Å²) in [6, 6.07) is 7.70. The predicted octanol–water partition coefficient (Wildman–Crippen LogP) is 2.36. The van der Waals surface area contributed by atoms with Gasteiger partial charge in [-0.1, -0.05) is 23.9 Å². The van der Waals surface area contributed by atoms with Crippen LogP contribution in [-0.2, 0) is 11.8 Å². The standard InChI is InChI=1S/C18H24N6O2S/c1-13(27-18-21-19-12-22(18)3)15-5-4-6-16(11-15)20-17(26)24-9-7-23(8-10-24)14(2)25/h4-6,11-13H,7-10H2,1-3H3,(H,20,26). The lowest BCUT2D eigenvalue weighted by atomic mass is 10.1. The van der Waals surface area contributed by atoms with Crippen molar-refractivity contribution in [3.8, 4) is 0 Å². The van der Waals surface area contributed by atoms with E-state index in [1.165, 1.54) is 0 Å². The predicted molar refractivity (Wildman–Crippen MR) is 105 cm³/mol. The van der Waals surface area contributed by atoms with Crippen molar-refractivity contribution in [3.63, 3.8) is 0 Å². The zero-order valence-electron chi connectivity index (χ0n) is 15.8. The van der Waals surface area contributed by atoms with Gasteiger partial charge in [0.1, 0.15) is 6.33 Å². The highest BCUT2D eigenvalue weighted by Crippen LogP contribution is 2.34. The Morgan fingerprint density at radius 3 is 2.52 bits per heavy atom. The summed E-state index contributed by atoms with van der Waals surface area (Å²) in [7, 11) is 1.91. The lowest BCUT2D eigenvalue weighted by Gasteiger charge is -2.34. The van der Waals surface area contributed by atoms with Gasteiger partial charge in [-0.2, -0.15) is 0 Å². The van der Waals surface area contributed by atoms with Crippen molar-refractivity contribution in [3.05, 3.63) is 36.2 Å². The fourth-order valence-electron chi connectivity index (χ4n) is 2.90.